The van der Waals surface area contributed by atoms with E-state index in [2.05, 4.69) is 16.8 Å². The monoisotopic (exact) mass is 243 g/mol. The molecule has 0 aromatic carbocycles. The molecule has 3 unspecified atom stereocenters. The second-order valence-corrected chi connectivity index (χ2v) is 4.81. The minimum absolute atomic E-state index is 0.246. The van der Waals surface area contributed by atoms with Crippen LogP contribution in [0, 0.1) is 17.8 Å². The summed E-state index contributed by atoms with van der Waals surface area (Å²) in [4.78, 5) is 4.22. The number of aromatic nitrogens is 1. The number of rotatable bonds is 0. The second kappa shape index (κ2) is 5.51. The Kier molecular flexibility index (Phi) is 3.59. The van der Waals surface area contributed by atoms with Crippen molar-refractivity contribution < 1.29 is 9.47 Å². The molecule has 3 rings (SSSR count). The molecule has 0 amide bonds. The lowest BCUT2D eigenvalue weighted by Crippen LogP contribution is -2.42. The van der Waals surface area contributed by atoms with E-state index in [1.165, 1.54) is 0 Å². The molecule has 1 saturated heterocycles. The molecule has 1 saturated carbocycles. The fourth-order valence-corrected chi connectivity index (χ4v) is 2.61. The Hall–Kier alpha value is -1.37. The highest BCUT2D eigenvalue weighted by atomic mass is 16.6. The SMILES string of the molecule is C(#CC1CCC2OCCOC2C1)c1ccccn1. The molecule has 0 bridgehead atoms. The van der Waals surface area contributed by atoms with Crippen molar-refractivity contribution in [2.24, 2.45) is 5.92 Å². The summed E-state index contributed by atoms with van der Waals surface area (Å²) in [6.07, 6.45) is 5.47. The van der Waals surface area contributed by atoms with Crippen molar-refractivity contribution >= 4 is 0 Å². The van der Waals surface area contributed by atoms with E-state index < -0.39 is 0 Å². The molecule has 2 aliphatic rings. The van der Waals surface area contributed by atoms with Gasteiger partial charge in [-0.3, -0.25) is 0 Å². The molecular weight excluding hydrogens is 226 g/mol. The molecule has 3 atom stereocenters. The summed E-state index contributed by atoms with van der Waals surface area (Å²) in [5.41, 5.74) is 0.848. The normalized spacial score (nSPS) is 31.0. The molecule has 3 nitrogen and oxygen atoms in total. The Bertz CT molecular complexity index is 449. The summed E-state index contributed by atoms with van der Waals surface area (Å²) in [5.74, 6) is 6.89. The van der Waals surface area contributed by atoms with Crippen molar-refractivity contribution in [3.8, 4) is 11.8 Å². The standard InChI is InChI=1S/C15H17NO2/c1-2-8-16-13(3-1)6-4-12-5-7-14-15(11-12)18-10-9-17-14/h1-3,8,12,14-15H,5,7,9-11H2. The summed E-state index contributed by atoms with van der Waals surface area (Å²) in [6.45, 7) is 1.47. The highest BCUT2D eigenvalue weighted by molar-refractivity contribution is 5.27. The van der Waals surface area contributed by atoms with Crippen LogP contribution in [0.25, 0.3) is 0 Å². The molecule has 1 aromatic rings. The average molecular weight is 243 g/mol. The van der Waals surface area contributed by atoms with E-state index in [0.29, 0.717) is 12.0 Å². The van der Waals surface area contributed by atoms with Gasteiger partial charge in [-0.1, -0.05) is 12.0 Å². The molecule has 1 aromatic heterocycles. The van der Waals surface area contributed by atoms with E-state index in [9.17, 15) is 0 Å². The minimum Gasteiger partial charge on any atom is -0.373 e. The molecule has 0 radical (unpaired) electrons. The maximum absolute atomic E-state index is 5.76. The van der Waals surface area contributed by atoms with Gasteiger partial charge in [-0.2, -0.15) is 0 Å². The van der Waals surface area contributed by atoms with Gasteiger partial charge in [-0.05, 0) is 37.3 Å². The van der Waals surface area contributed by atoms with E-state index in [0.717, 1.165) is 38.2 Å². The van der Waals surface area contributed by atoms with Crippen molar-refractivity contribution in [1.82, 2.24) is 4.98 Å². The van der Waals surface area contributed by atoms with E-state index in [1.54, 1.807) is 6.20 Å². The van der Waals surface area contributed by atoms with E-state index in [4.69, 9.17) is 9.47 Å². The number of hydrogen-bond donors (Lipinski definition) is 0. The van der Waals surface area contributed by atoms with Gasteiger partial charge in [0.15, 0.2) is 0 Å². The first kappa shape index (κ1) is 11.7. The lowest BCUT2D eigenvalue weighted by Gasteiger charge is -2.37. The van der Waals surface area contributed by atoms with Crippen molar-refractivity contribution in [1.29, 1.82) is 0 Å². The molecule has 1 aliphatic heterocycles. The van der Waals surface area contributed by atoms with Crippen LogP contribution < -0.4 is 0 Å². The fourth-order valence-electron chi connectivity index (χ4n) is 2.61. The van der Waals surface area contributed by atoms with Crippen molar-refractivity contribution in [3.63, 3.8) is 0 Å². The van der Waals surface area contributed by atoms with Crippen LogP contribution in [-0.4, -0.2) is 30.4 Å². The predicted molar refractivity (Wildman–Crippen MR) is 67.9 cm³/mol. The van der Waals surface area contributed by atoms with Crippen LogP contribution in [-0.2, 0) is 9.47 Å². The summed E-state index contributed by atoms with van der Waals surface area (Å²) < 4.78 is 11.5. The highest BCUT2D eigenvalue weighted by Gasteiger charge is 2.33. The number of hydrogen-bond acceptors (Lipinski definition) is 3. The van der Waals surface area contributed by atoms with Crippen LogP contribution in [0.3, 0.4) is 0 Å². The largest absolute Gasteiger partial charge is 0.373 e. The van der Waals surface area contributed by atoms with Crippen molar-refractivity contribution in [2.75, 3.05) is 13.2 Å². The van der Waals surface area contributed by atoms with Gasteiger partial charge in [0.25, 0.3) is 0 Å². The molecule has 0 N–H and O–H groups in total. The van der Waals surface area contributed by atoms with Crippen LogP contribution >= 0.6 is 0 Å². The number of nitrogens with zero attached hydrogens (tertiary/aromatic N) is 1. The molecule has 18 heavy (non-hydrogen) atoms. The lowest BCUT2D eigenvalue weighted by molar-refractivity contribution is -0.158. The number of fused-ring (bicyclic) bond motifs is 1. The van der Waals surface area contributed by atoms with Crippen LogP contribution in [0.4, 0.5) is 0 Å². The highest BCUT2D eigenvalue weighted by Crippen LogP contribution is 2.30. The number of pyridine rings is 1. The fraction of sp³-hybridized carbons (Fsp3) is 0.533. The Morgan fingerprint density at radius 1 is 1.11 bits per heavy atom. The summed E-state index contributed by atoms with van der Waals surface area (Å²) in [5, 5.41) is 0. The quantitative estimate of drug-likeness (QED) is 0.653. The zero-order chi connectivity index (χ0) is 12.2. The second-order valence-electron chi connectivity index (χ2n) is 4.81. The van der Waals surface area contributed by atoms with Gasteiger partial charge >= 0.3 is 0 Å². The Morgan fingerprint density at radius 2 is 2.00 bits per heavy atom. The zero-order valence-corrected chi connectivity index (χ0v) is 10.3. The topological polar surface area (TPSA) is 31.4 Å². The first-order valence-electron chi connectivity index (χ1n) is 6.57. The van der Waals surface area contributed by atoms with Gasteiger partial charge in [0, 0.05) is 12.1 Å². The summed E-state index contributed by atoms with van der Waals surface area (Å²) in [7, 11) is 0. The Morgan fingerprint density at radius 3 is 2.83 bits per heavy atom. The van der Waals surface area contributed by atoms with Crippen LogP contribution in [0.1, 0.15) is 25.0 Å². The van der Waals surface area contributed by atoms with Gasteiger partial charge in [0.05, 0.1) is 25.4 Å². The van der Waals surface area contributed by atoms with Gasteiger partial charge in [0.2, 0.25) is 0 Å². The summed E-state index contributed by atoms with van der Waals surface area (Å²) in [6, 6.07) is 5.81. The number of ether oxygens (including phenoxy) is 2. The smallest absolute Gasteiger partial charge is 0.113 e. The predicted octanol–water partition coefficient (Wildman–Crippen LogP) is 2.02. The molecule has 2 heterocycles. The average Bonchev–Trinajstić information content (AvgIpc) is 2.46. The van der Waals surface area contributed by atoms with Crippen LogP contribution in [0.5, 0.6) is 0 Å². The van der Waals surface area contributed by atoms with Gasteiger partial charge in [-0.25, -0.2) is 4.98 Å². The zero-order valence-electron chi connectivity index (χ0n) is 10.3. The third kappa shape index (κ3) is 2.72. The maximum Gasteiger partial charge on any atom is 0.113 e. The Labute approximate surface area is 108 Å². The first-order chi connectivity index (χ1) is 8.92. The third-order valence-corrected chi connectivity index (χ3v) is 3.55. The maximum atomic E-state index is 5.76. The molecular formula is C15H17NO2. The van der Waals surface area contributed by atoms with Gasteiger partial charge in [-0.15, -0.1) is 0 Å². The Balaban J connectivity index is 1.63. The first-order valence-corrected chi connectivity index (χ1v) is 6.57. The van der Waals surface area contributed by atoms with Gasteiger partial charge in [0.1, 0.15) is 5.69 Å². The van der Waals surface area contributed by atoms with E-state index in [1.807, 2.05) is 18.2 Å². The van der Waals surface area contributed by atoms with Crippen molar-refractivity contribution in [2.45, 2.75) is 31.5 Å². The van der Waals surface area contributed by atoms with E-state index >= 15 is 0 Å². The van der Waals surface area contributed by atoms with Crippen LogP contribution in [0.15, 0.2) is 24.4 Å². The molecule has 2 fully saturated rings. The third-order valence-electron chi connectivity index (χ3n) is 3.55. The molecule has 3 heteroatoms. The van der Waals surface area contributed by atoms with Crippen molar-refractivity contribution in [3.05, 3.63) is 30.1 Å². The molecule has 94 valence electrons. The van der Waals surface area contributed by atoms with Crippen LogP contribution in [0.2, 0.25) is 0 Å². The molecule has 1 aliphatic carbocycles. The summed E-state index contributed by atoms with van der Waals surface area (Å²) >= 11 is 0. The van der Waals surface area contributed by atoms with Gasteiger partial charge < -0.3 is 9.47 Å². The van der Waals surface area contributed by atoms with E-state index in [-0.39, 0.29) is 6.10 Å². The minimum atomic E-state index is 0.246. The molecule has 0 spiro atoms. The lowest BCUT2D eigenvalue weighted by atomic mass is 9.85.